The molecule has 1 aliphatic heterocycles. The van der Waals surface area contributed by atoms with Crippen molar-refractivity contribution in [3.63, 3.8) is 0 Å². The van der Waals surface area contributed by atoms with E-state index in [2.05, 4.69) is 17.2 Å². The zero-order valence-corrected chi connectivity index (χ0v) is 13.6. The van der Waals surface area contributed by atoms with Crippen molar-refractivity contribution in [2.24, 2.45) is 0 Å². The number of anilines is 2. The lowest BCUT2D eigenvalue weighted by molar-refractivity contribution is -0.122. The Morgan fingerprint density at radius 3 is 2.80 bits per heavy atom. The Labute approximate surface area is 144 Å². The van der Waals surface area contributed by atoms with E-state index in [0.717, 1.165) is 23.0 Å². The van der Waals surface area contributed by atoms with Gasteiger partial charge in [-0.25, -0.2) is 4.39 Å². The third-order valence-electron chi connectivity index (χ3n) is 3.93. The lowest BCUT2D eigenvalue weighted by Crippen LogP contribution is -2.31. The van der Waals surface area contributed by atoms with Crippen LogP contribution in [0.4, 0.5) is 15.8 Å². The van der Waals surface area contributed by atoms with Crippen molar-refractivity contribution in [3.8, 4) is 5.75 Å². The summed E-state index contributed by atoms with van der Waals surface area (Å²) in [4.78, 5) is 23.8. The van der Waals surface area contributed by atoms with E-state index in [1.807, 2.05) is 25.1 Å². The molecule has 0 aromatic heterocycles. The fraction of sp³-hybridized carbons (Fsp3) is 0.158. The van der Waals surface area contributed by atoms with Crippen molar-refractivity contribution in [2.75, 3.05) is 10.6 Å². The van der Waals surface area contributed by atoms with Crippen LogP contribution in [0.25, 0.3) is 0 Å². The van der Waals surface area contributed by atoms with Crippen LogP contribution >= 0.6 is 0 Å². The van der Waals surface area contributed by atoms with Crippen LogP contribution in [-0.4, -0.2) is 17.9 Å². The van der Waals surface area contributed by atoms with Gasteiger partial charge in [-0.3, -0.25) is 9.59 Å². The molecule has 0 saturated carbocycles. The minimum Gasteiger partial charge on any atom is -0.480 e. The highest BCUT2D eigenvalue weighted by atomic mass is 19.1. The molecule has 0 bridgehead atoms. The number of halogens is 1. The number of aryl methyl sites for hydroxylation is 1. The largest absolute Gasteiger partial charge is 0.480 e. The Kier molecular flexibility index (Phi) is 4.52. The van der Waals surface area contributed by atoms with E-state index in [1.165, 1.54) is 18.2 Å². The molecule has 1 atom stereocenters. The quantitative estimate of drug-likeness (QED) is 0.840. The van der Waals surface area contributed by atoms with Crippen LogP contribution in [0.1, 0.15) is 11.1 Å². The molecular formula is C19H17FN2O3. The molecule has 1 heterocycles. The van der Waals surface area contributed by atoms with Gasteiger partial charge in [-0.05, 0) is 42.3 Å². The fourth-order valence-corrected chi connectivity index (χ4v) is 2.68. The van der Waals surface area contributed by atoms with Gasteiger partial charge in [0.25, 0.3) is 5.91 Å². The summed E-state index contributed by atoms with van der Waals surface area (Å²) in [5.41, 5.74) is 2.29. The summed E-state index contributed by atoms with van der Waals surface area (Å²) in [6, 6.07) is 9.71. The maximum Gasteiger partial charge on any atom is 0.265 e. The monoisotopic (exact) mass is 340 g/mol. The summed E-state index contributed by atoms with van der Waals surface area (Å²) >= 11 is 0. The van der Waals surface area contributed by atoms with Gasteiger partial charge in [0.1, 0.15) is 11.6 Å². The number of amides is 2. The Morgan fingerprint density at radius 1 is 1.28 bits per heavy atom. The number of para-hydroxylation sites is 1. The summed E-state index contributed by atoms with van der Waals surface area (Å²) < 4.78 is 19.5. The Balaban J connectivity index is 1.72. The van der Waals surface area contributed by atoms with E-state index in [9.17, 15) is 14.0 Å². The standard InChI is InChI=1S/C19H17FN2O3/c1-3-17(23)22-15-10-13(7-8-14(15)20)21-19(24)16-9-12-6-4-5-11(2)18(12)25-16/h3-8,10,16H,1,9H2,2H3,(H,21,24)(H,22,23). The van der Waals surface area contributed by atoms with Gasteiger partial charge in [-0.2, -0.15) is 0 Å². The molecule has 2 amide bonds. The number of fused-ring (bicyclic) bond motifs is 1. The normalized spacial score (nSPS) is 15.0. The van der Waals surface area contributed by atoms with Crippen LogP contribution in [0.3, 0.4) is 0 Å². The maximum atomic E-state index is 13.7. The predicted molar refractivity (Wildman–Crippen MR) is 93.2 cm³/mol. The van der Waals surface area contributed by atoms with E-state index in [1.54, 1.807) is 0 Å². The highest BCUT2D eigenvalue weighted by Crippen LogP contribution is 2.32. The second-order valence-corrected chi connectivity index (χ2v) is 5.75. The highest BCUT2D eigenvalue weighted by molar-refractivity contribution is 6.00. The van der Waals surface area contributed by atoms with Gasteiger partial charge >= 0.3 is 0 Å². The van der Waals surface area contributed by atoms with Gasteiger partial charge in [0.05, 0.1) is 5.69 Å². The summed E-state index contributed by atoms with van der Waals surface area (Å²) in [5, 5.41) is 5.04. The Hall–Kier alpha value is -3.15. The van der Waals surface area contributed by atoms with E-state index in [0.29, 0.717) is 12.1 Å². The summed E-state index contributed by atoms with van der Waals surface area (Å²) in [6.45, 7) is 5.24. The molecule has 0 radical (unpaired) electrons. The van der Waals surface area contributed by atoms with Crippen molar-refractivity contribution in [1.82, 2.24) is 0 Å². The minimum atomic E-state index is -0.646. The zero-order valence-electron chi connectivity index (χ0n) is 13.6. The Bertz CT molecular complexity index is 864. The first-order chi connectivity index (χ1) is 12.0. The van der Waals surface area contributed by atoms with Gasteiger partial charge in [0, 0.05) is 12.1 Å². The second kappa shape index (κ2) is 6.76. The van der Waals surface area contributed by atoms with Crippen LogP contribution in [0.2, 0.25) is 0 Å². The first-order valence-corrected chi connectivity index (χ1v) is 7.77. The van der Waals surface area contributed by atoms with Gasteiger partial charge in [0.2, 0.25) is 5.91 Å². The maximum absolute atomic E-state index is 13.7. The van der Waals surface area contributed by atoms with Crippen molar-refractivity contribution in [2.45, 2.75) is 19.4 Å². The van der Waals surface area contributed by atoms with Crippen molar-refractivity contribution in [1.29, 1.82) is 0 Å². The molecular weight excluding hydrogens is 323 g/mol. The van der Waals surface area contributed by atoms with Crippen molar-refractivity contribution >= 4 is 23.2 Å². The molecule has 0 aliphatic carbocycles. The fourth-order valence-electron chi connectivity index (χ4n) is 2.68. The topological polar surface area (TPSA) is 67.4 Å². The molecule has 0 saturated heterocycles. The van der Waals surface area contributed by atoms with Crippen LogP contribution in [-0.2, 0) is 16.0 Å². The molecule has 6 heteroatoms. The molecule has 0 fully saturated rings. The number of rotatable bonds is 4. The van der Waals surface area contributed by atoms with Gasteiger partial charge in [0.15, 0.2) is 6.10 Å². The molecule has 2 aromatic rings. The molecule has 0 spiro atoms. The number of hydrogen-bond acceptors (Lipinski definition) is 3. The van der Waals surface area contributed by atoms with Crippen LogP contribution < -0.4 is 15.4 Å². The number of hydrogen-bond donors (Lipinski definition) is 2. The molecule has 1 aliphatic rings. The van der Waals surface area contributed by atoms with E-state index in [-0.39, 0.29) is 11.6 Å². The van der Waals surface area contributed by atoms with Crippen LogP contribution in [0.15, 0.2) is 49.1 Å². The third kappa shape index (κ3) is 3.52. The number of nitrogens with one attached hydrogen (secondary N) is 2. The number of ether oxygens (including phenoxy) is 1. The summed E-state index contributed by atoms with van der Waals surface area (Å²) in [5.74, 6) is -0.732. The van der Waals surface area contributed by atoms with E-state index >= 15 is 0 Å². The molecule has 3 rings (SSSR count). The smallest absolute Gasteiger partial charge is 0.265 e. The van der Waals surface area contributed by atoms with Gasteiger partial charge in [-0.1, -0.05) is 24.8 Å². The molecule has 25 heavy (non-hydrogen) atoms. The molecule has 2 N–H and O–H groups in total. The van der Waals surface area contributed by atoms with Gasteiger partial charge < -0.3 is 15.4 Å². The zero-order chi connectivity index (χ0) is 18.0. The summed E-state index contributed by atoms with van der Waals surface area (Å²) in [6.07, 6.45) is 0.869. The van der Waals surface area contributed by atoms with Crippen molar-refractivity contribution < 1.29 is 18.7 Å². The molecule has 5 nitrogen and oxygen atoms in total. The highest BCUT2D eigenvalue weighted by Gasteiger charge is 2.30. The minimum absolute atomic E-state index is 0.0332. The van der Waals surface area contributed by atoms with Crippen LogP contribution in [0.5, 0.6) is 5.75 Å². The van der Waals surface area contributed by atoms with E-state index < -0.39 is 17.8 Å². The first-order valence-electron chi connectivity index (χ1n) is 7.77. The average Bonchev–Trinajstić information content (AvgIpc) is 3.03. The van der Waals surface area contributed by atoms with Crippen molar-refractivity contribution in [3.05, 3.63) is 66.0 Å². The van der Waals surface area contributed by atoms with Gasteiger partial charge in [-0.15, -0.1) is 0 Å². The number of carbonyl (C=O) groups is 2. The third-order valence-corrected chi connectivity index (χ3v) is 3.93. The summed E-state index contributed by atoms with van der Waals surface area (Å²) in [7, 11) is 0. The molecule has 2 aromatic carbocycles. The number of carbonyl (C=O) groups excluding carboxylic acids is 2. The molecule has 128 valence electrons. The lowest BCUT2D eigenvalue weighted by atomic mass is 10.1. The average molecular weight is 340 g/mol. The Morgan fingerprint density at radius 2 is 2.08 bits per heavy atom. The number of benzene rings is 2. The molecule has 1 unspecified atom stereocenters. The first kappa shape index (κ1) is 16.7. The van der Waals surface area contributed by atoms with Crippen LogP contribution in [0, 0.1) is 12.7 Å². The second-order valence-electron chi connectivity index (χ2n) is 5.75. The SMILES string of the molecule is C=CC(=O)Nc1cc(NC(=O)C2Cc3cccc(C)c3O2)ccc1F. The predicted octanol–water partition coefficient (Wildman–Crippen LogP) is 3.20. The van der Waals surface area contributed by atoms with E-state index in [4.69, 9.17) is 4.74 Å². The lowest BCUT2D eigenvalue weighted by Gasteiger charge is -2.13.